The molecule has 52 heavy (non-hydrogen) atoms. The molecule has 1 atom stereocenters. The number of para-hydroxylation sites is 1. The summed E-state index contributed by atoms with van der Waals surface area (Å²) < 4.78 is 88.8. The van der Waals surface area contributed by atoms with Crippen molar-refractivity contribution in [2.45, 2.75) is 69.1 Å². The van der Waals surface area contributed by atoms with E-state index in [9.17, 15) is 40.7 Å². The number of alkyl halides is 6. The maximum atomic E-state index is 13.9. The van der Waals surface area contributed by atoms with Crippen molar-refractivity contribution in [3.8, 4) is 0 Å². The molecule has 2 aromatic rings. The molecule has 17 heteroatoms. The lowest BCUT2D eigenvalue weighted by Crippen LogP contribution is -2.56. The fourth-order valence-corrected chi connectivity index (χ4v) is 7.67. The monoisotopic (exact) mass is 739 g/mol. The van der Waals surface area contributed by atoms with Crippen LogP contribution in [-0.4, -0.2) is 115 Å². The zero-order valence-corrected chi connectivity index (χ0v) is 28.6. The van der Waals surface area contributed by atoms with Gasteiger partial charge in [0.05, 0.1) is 16.8 Å². The predicted octanol–water partition coefficient (Wildman–Crippen LogP) is 4.80. The number of nitrogens with two attached hydrogens (primary N) is 1. The zero-order valence-electron chi connectivity index (χ0n) is 28.6. The number of hydrogen-bond donors (Lipinski definition) is 3. The van der Waals surface area contributed by atoms with Crippen molar-refractivity contribution in [3.63, 3.8) is 0 Å². The highest BCUT2D eigenvalue weighted by molar-refractivity contribution is 5.91. The Morgan fingerprint density at radius 3 is 2.06 bits per heavy atom. The maximum absolute atomic E-state index is 13.9. The number of piperidine rings is 2. The van der Waals surface area contributed by atoms with Gasteiger partial charge in [-0.1, -0.05) is 18.2 Å². The quantitative estimate of drug-likeness (QED) is 0.288. The summed E-state index contributed by atoms with van der Waals surface area (Å²) in [4.78, 5) is 47.3. The van der Waals surface area contributed by atoms with E-state index in [2.05, 4.69) is 15.5 Å². The Labute approximate surface area is 297 Å². The largest absolute Gasteiger partial charge is 0.436 e. The number of carbonyl (C=O) groups is 3. The smallest absolute Gasteiger partial charge is 0.418 e. The number of carbonyl (C=O) groups excluding carboxylic acids is 3. The van der Waals surface area contributed by atoms with Gasteiger partial charge in [0.1, 0.15) is 0 Å². The number of nitrogens with one attached hydrogen (secondary N) is 2. The van der Waals surface area contributed by atoms with Crippen LogP contribution in [0, 0.1) is 0 Å². The third-order valence-electron chi connectivity index (χ3n) is 10.5. The number of fused-ring (bicyclic) bond motifs is 1. The molecule has 4 aliphatic heterocycles. The second kappa shape index (κ2) is 15.4. The fourth-order valence-electron chi connectivity index (χ4n) is 7.67. The molecule has 3 fully saturated rings. The lowest BCUT2D eigenvalue weighted by atomic mass is 9.97. The minimum absolute atomic E-state index is 0.161. The molecule has 2 aromatic carbocycles. The van der Waals surface area contributed by atoms with Crippen molar-refractivity contribution < 1.29 is 45.5 Å². The van der Waals surface area contributed by atoms with E-state index in [1.54, 1.807) is 4.90 Å². The normalized spacial score (nSPS) is 20.6. The average molecular weight is 740 g/mol. The van der Waals surface area contributed by atoms with Crippen LogP contribution >= 0.6 is 0 Å². The Morgan fingerprint density at radius 1 is 0.827 bits per heavy atom. The van der Waals surface area contributed by atoms with Crippen LogP contribution in [0.25, 0.3) is 0 Å². The van der Waals surface area contributed by atoms with Gasteiger partial charge in [-0.3, -0.25) is 9.69 Å². The third kappa shape index (κ3) is 8.51. The van der Waals surface area contributed by atoms with E-state index in [-0.39, 0.29) is 38.3 Å². The van der Waals surface area contributed by atoms with E-state index in [1.807, 2.05) is 24.3 Å². The average Bonchev–Trinajstić information content (AvgIpc) is 3.29. The number of amides is 4. The number of halogens is 6. The summed E-state index contributed by atoms with van der Waals surface area (Å²) in [5.74, 6) is -0.701. The van der Waals surface area contributed by atoms with Crippen molar-refractivity contribution in [1.82, 2.24) is 24.9 Å². The lowest BCUT2D eigenvalue weighted by Gasteiger charge is -2.41. The van der Waals surface area contributed by atoms with E-state index < -0.39 is 59.3 Å². The summed E-state index contributed by atoms with van der Waals surface area (Å²) in [5.41, 5.74) is 1.75. The van der Waals surface area contributed by atoms with E-state index in [0.29, 0.717) is 57.1 Å². The molecule has 4 aliphatic rings. The number of piperazine rings is 1. The van der Waals surface area contributed by atoms with E-state index in [0.717, 1.165) is 37.2 Å². The Balaban J connectivity index is 1.17. The summed E-state index contributed by atoms with van der Waals surface area (Å²) in [6.45, 7) is 4.11. The highest BCUT2D eigenvalue weighted by Gasteiger charge is 2.42. The van der Waals surface area contributed by atoms with Gasteiger partial charge in [0.2, 0.25) is 0 Å². The molecule has 4 amide bonds. The zero-order chi connectivity index (χ0) is 37.2. The highest BCUT2D eigenvalue weighted by atomic mass is 19.4. The van der Waals surface area contributed by atoms with Crippen LogP contribution in [0.1, 0.15) is 47.9 Å². The molecular weight excluding hydrogens is 696 g/mol. The topological polar surface area (TPSA) is 123 Å². The second-order valence-corrected chi connectivity index (χ2v) is 13.8. The molecule has 4 N–H and O–H groups in total. The van der Waals surface area contributed by atoms with Crippen LogP contribution in [0.3, 0.4) is 0 Å². The van der Waals surface area contributed by atoms with E-state index in [4.69, 9.17) is 10.5 Å². The Kier molecular flexibility index (Phi) is 11.1. The van der Waals surface area contributed by atoms with Gasteiger partial charge in [0.25, 0.3) is 5.91 Å². The Morgan fingerprint density at radius 2 is 1.44 bits per heavy atom. The van der Waals surface area contributed by atoms with Crippen molar-refractivity contribution >= 4 is 29.4 Å². The summed E-state index contributed by atoms with van der Waals surface area (Å²) in [7, 11) is 0. The molecular formula is C35H43F6N7O4. The number of nitrogen functional groups attached to an aromatic ring is 1. The number of urea groups is 1. The third-order valence-corrected chi connectivity index (χ3v) is 10.5. The molecule has 0 aliphatic carbocycles. The number of rotatable bonds is 6. The summed E-state index contributed by atoms with van der Waals surface area (Å²) in [5, 5.41) is 6.24. The predicted molar refractivity (Wildman–Crippen MR) is 179 cm³/mol. The van der Waals surface area contributed by atoms with Gasteiger partial charge in [-0.2, -0.15) is 26.3 Å². The first-order valence-electron chi connectivity index (χ1n) is 17.6. The van der Waals surface area contributed by atoms with Crippen LogP contribution in [0.2, 0.25) is 0 Å². The standard InChI is InChI=1S/C35H43F6N7O4/c36-34(37,38)26-19-22(20-27(30(26)42)35(39,40)41)21-29(31(49)46-17-15-45(16-18-46)24-5-10-43-11-6-24)52-33(51)47-12-8-25(9-13-47)48-14-7-23-3-1-2-4-28(23)44-32(48)50/h1-4,19-20,24-25,29,43H,5-18,21,42H2,(H,44,50)/t29-/m1/s1. The molecule has 284 valence electrons. The van der Waals surface area contributed by atoms with Crippen molar-refractivity contribution in [3.05, 3.63) is 58.7 Å². The molecule has 11 nitrogen and oxygen atoms in total. The summed E-state index contributed by atoms with van der Waals surface area (Å²) >= 11 is 0. The maximum Gasteiger partial charge on any atom is 0.418 e. The lowest BCUT2D eigenvalue weighted by molar-refractivity contribution is -0.143. The first kappa shape index (κ1) is 37.5. The van der Waals surface area contributed by atoms with Crippen LogP contribution in [0.5, 0.6) is 0 Å². The molecule has 0 spiro atoms. The number of benzene rings is 2. The summed E-state index contributed by atoms with van der Waals surface area (Å²) in [6, 6.07) is 8.36. The van der Waals surface area contributed by atoms with Crippen LogP contribution in [0.4, 0.5) is 47.3 Å². The Hall–Kier alpha value is -4.25. The summed E-state index contributed by atoms with van der Waals surface area (Å²) in [6.07, 6.45) is -10.4. The molecule has 6 rings (SSSR count). The number of hydrogen-bond acceptors (Lipinski definition) is 7. The molecule has 0 saturated carbocycles. The minimum Gasteiger partial charge on any atom is -0.436 e. The number of nitrogens with zero attached hydrogens (tertiary/aromatic N) is 4. The van der Waals surface area contributed by atoms with Crippen LogP contribution in [-0.2, 0) is 34.7 Å². The van der Waals surface area contributed by atoms with Gasteiger partial charge in [0.15, 0.2) is 6.10 Å². The highest BCUT2D eigenvalue weighted by Crippen LogP contribution is 2.42. The van der Waals surface area contributed by atoms with Crippen molar-refractivity contribution in [2.24, 2.45) is 0 Å². The van der Waals surface area contributed by atoms with Gasteiger partial charge in [-0.15, -0.1) is 0 Å². The van der Waals surface area contributed by atoms with Crippen molar-refractivity contribution in [2.75, 3.05) is 70.0 Å². The van der Waals surface area contributed by atoms with Crippen LogP contribution in [0.15, 0.2) is 36.4 Å². The van der Waals surface area contributed by atoms with Gasteiger partial charge < -0.3 is 35.8 Å². The number of likely N-dealkylation sites (tertiary alicyclic amines) is 1. The first-order valence-corrected chi connectivity index (χ1v) is 17.6. The van der Waals surface area contributed by atoms with Gasteiger partial charge in [0, 0.05) is 70.0 Å². The molecule has 3 saturated heterocycles. The van der Waals surface area contributed by atoms with Crippen molar-refractivity contribution in [1.29, 1.82) is 0 Å². The number of ether oxygens (including phenoxy) is 1. The minimum atomic E-state index is -5.21. The molecule has 0 aromatic heterocycles. The van der Waals surface area contributed by atoms with E-state index in [1.165, 1.54) is 9.80 Å². The second-order valence-electron chi connectivity index (χ2n) is 13.8. The first-order chi connectivity index (χ1) is 24.7. The molecule has 0 unspecified atom stereocenters. The SMILES string of the molecule is Nc1c(C(F)(F)F)cc(C[C@@H](OC(=O)N2CCC(N3CCc4ccccc4NC3=O)CC2)C(=O)N2CCN(C3CCNCC3)CC2)cc1C(F)(F)F. The van der Waals surface area contributed by atoms with Gasteiger partial charge in [-0.05, 0) is 74.5 Å². The van der Waals surface area contributed by atoms with Gasteiger partial charge >= 0.3 is 24.5 Å². The van der Waals surface area contributed by atoms with Gasteiger partial charge in [-0.25, -0.2) is 9.59 Å². The fraction of sp³-hybridized carbons (Fsp3) is 0.571. The molecule has 0 radical (unpaired) electrons. The van der Waals surface area contributed by atoms with E-state index >= 15 is 0 Å². The number of anilines is 2. The molecule has 0 bridgehead atoms. The Bertz CT molecular complexity index is 1580. The van der Waals surface area contributed by atoms with Crippen LogP contribution < -0.4 is 16.4 Å². The molecule has 4 heterocycles.